The summed E-state index contributed by atoms with van der Waals surface area (Å²) in [5.41, 5.74) is 22.7. The average molecular weight is 1430 g/mol. The van der Waals surface area contributed by atoms with E-state index in [2.05, 4.69) is 167 Å². The van der Waals surface area contributed by atoms with Crippen molar-refractivity contribution in [1.82, 2.24) is 39.0 Å². The third-order valence-electron chi connectivity index (χ3n) is 20.8. The van der Waals surface area contributed by atoms with Crippen molar-refractivity contribution in [2.45, 2.75) is 0 Å². The Balaban J connectivity index is 0.875. The van der Waals surface area contributed by atoms with E-state index in [4.69, 9.17) is 29.9 Å². The largest absolute Gasteiger partial charge is 0.309 e. The summed E-state index contributed by atoms with van der Waals surface area (Å²) in [7, 11) is 0. The van der Waals surface area contributed by atoms with Crippen LogP contribution in [0.4, 0.5) is 0 Å². The van der Waals surface area contributed by atoms with Gasteiger partial charge < -0.3 is 9.13 Å². The van der Waals surface area contributed by atoms with Crippen molar-refractivity contribution in [2.75, 3.05) is 0 Å². The third-order valence-corrected chi connectivity index (χ3v) is 20.8. The van der Waals surface area contributed by atoms with E-state index in [0.29, 0.717) is 57.2 Å². The van der Waals surface area contributed by atoms with Gasteiger partial charge in [-0.2, -0.15) is 21.0 Å². The van der Waals surface area contributed by atoms with Crippen molar-refractivity contribution in [3.8, 4) is 171 Å². The summed E-state index contributed by atoms with van der Waals surface area (Å²) in [6, 6.07) is 128. The number of nitrogens with zero attached hydrogens (tertiary/aromatic N) is 12. The molecule has 0 aliphatic carbocycles. The van der Waals surface area contributed by atoms with Gasteiger partial charge in [0.05, 0.1) is 74.3 Å². The molecule has 0 N–H and O–H groups in total. The number of nitriles is 4. The Bertz CT molecular complexity index is 6830. The molecule has 0 bridgehead atoms. The van der Waals surface area contributed by atoms with E-state index in [1.165, 1.54) is 0 Å². The van der Waals surface area contributed by atoms with Gasteiger partial charge in [-0.25, -0.2) is 29.9 Å². The van der Waals surface area contributed by atoms with Gasteiger partial charge in [0.25, 0.3) is 0 Å². The van der Waals surface area contributed by atoms with Crippen molar-refractivity contribution in [3.05, 3.63) is 374 Å². The van der Waals surface area contributed by atoms with Crippen molar-refractivity contribution in [2.24, 2.45) is 0 Å². The minimum Gasteiger partial charge on any atom is -0.309 e. The number of hydrogen-bond acceptors (Lipinski definition) is 10. The summed E-state index contributed by atoms with van der Waals surface area (Å²) >= 11 is 0. The Morgan fingerprint density at radius 3 is 0.830 bits per heavy atom. The first-order valence-corrected chi connectivity index (χ1v) is 36.6. The highest BCUT2D eigenvalue weighted by atomic mass is 15.1. The van der Waals surface area contributed by atoms with E-state index in [9.17, 15) is 21.0 Å². The molecule has 0 aliphatic rings. The van der Waals surface area contributed by atoms with Crippen molar-refractivity contribution >= 4 is 43.6 Å². The van der Waals surface area contributed by atoms with Crippen LogP contribution in [0, 0.1) is 45.3 Å². The smallest absolute Gasteiger partial charge is 0.164 e. The van der Waals surface area contributed by atoms with Crippen molar-refractivity contribution in [1.29, 1.82) is 21.0 Å². The van der Waals surface area contributed by atoms with Crippen LogP contribution >= 0.6 is 0 Å². The number of hydrogen-bond donors (Lipinski definition) is 0. The first kappa shape index (κ1) is 66.6. The second-order valence-corrected chi connectivity index (χ2v) is 27.4. The van der Waals surface area contributed by atoms with Crippen LogP contribution < -0.4 is 0 Å². The molecule has 0 aliphatic heterocycles. The molecule has 0 atom stereocenters. The molecule has 0 unspecified atom stereocenters. The Hall–Kier alpha value is -16.1. The highest BCUT2D eigenvalue weighted by Gasteiger charge is 2.25. The van der Waals surface area contributed by atoms with E-state index in [-0.39, 0.29) is 0 Å². The van der Waals surface area contributed by atoms with Crippen LogP contribution in [0.15, 0.2) is 352 Å². The summed E-state index contributed by atoms with van der Waals surface area (Å²) in [5.74, 6) is 3.02. The molecule has 0 spiro atoms. The maximum absolute atomic E-state index is 10.5. The van der Waals surface area contributed by atoms with Crippen LogP contribution in [0.25, 0.3) is 190 Å². The second kappa shape index (κ2) is 28.3. The van der Waals surface area contributed by atoms with Gasteiger partial charge in [0, 0.05) is 66.2 Å². The van der Waals surface area contributed by atoms with Gasteiger partial charge in [0.15, 0.2) is 34.9 Å². The van der Waals surface area contributed by atoms with Gasteiger partial charge in [-0.3, -0.25) is 0 Å². The van der Waals surface area contributed by atoms with E-state index < -0.39 is 0 Å². The van der Waals surface area contributed by atoms with Gasteiger partial charge in [0.1, 0.15) is 0 Å². The predicted molar refractivity (Wildman–Crippen MR) is 446 cm³/mol. The second-order valence-electron chi connectivity index (χ2n) is 27.4. The first-order chi connectivity index (χ1) is 55.3. The highest BCUT2D eigenvalue weighted by Crippen LogP contribution is 2.45. The monoisotopic (exact) mass is 1430 g/mol. The zero-order chi connectivity index (χ0) is 75.2. The summed E-state index contributed by atoms with van der Waals surface area (Å²) in [6.45, 7) is 0. The molecule has 0 saturated heterocycles. The number of benzene rings is 15. The summed E-state index contributed by atoms with van der Waals surface area (Å²) in [5, 5.41) is 45.8. The molecular formula is C100H58N12. The van der Waals surface area contributed by atoms with E-state index in [1.54, 1.807) is 0 Å². The number of rotatable bonds is 14. The number of aromatic nitrogens is 8. The average Bonchev–Trinajstić information content (AvgIpc) is 1.59. The summed E-state index contributed by atoms with van der Waals surface area (Å²) in [6.07, 6.45) is 0. The number of fused-ring (bicyclic) bond motifs is 6. The topological polar surface area (TPSA) is 182 Å². The van der Waals surface area contributed by atoms with Gasteiger partial charge in [-0.15, -0.1) is 0 Å². The maximum Gasteiger partial charge on any atom is 0.164 e. The lowest BCUT2D eigenvalue weighted by Gasteiger charge is -2.18. The van der Waals surface area contributed by atoms with Gasteiger partial charge in [-0.05, 0) is 176 Å². The molecule has 19 rings (SSSR count). The Morgan fingerprint density at radius 2 is 0.464 bits per heavy atom. The molecule has 4 aromatic heterocycles. The van der Waals surface area contributed by atoms with E-state index in [1.807, 2.05) is 218 Å². The minimum absolute atomic E-state index is 0.459. The van der Waals surface area contributed by atoms with E-state index >= 15 is 0 Å². The quantitative estimate of drug-likeness (QED) is 0.102. The van der Waals surface area contributed by atoms with E-state index in [0.717, 1.165) is 155 Å². The molecule has 12 heteroatoms. The third kappa shape index (κ3) is 12.1. The summed E-state index contributed by atoms with van der Waals surface area (Å²) < 4.78 is 4.61. The SMILES string of the molecule is N#Cc1ccccc1-c1ccc2c(c1)c1cc(-c3ccccc3C#N)ccc1n2-c1cc(-c2cccc(-c3cc(-c4nc(-c5ccccc5)nc(-c5ccccc5)n4)ccc3-n3c4ccc(-c5ccccc5C#N)cc4c4cc(-c5ccccc5C#N)ccc43)c2)cc(-c2nc(-c3ccccc3)nc(-c3ccccc3)n2)c1. The normalized spacial score (nSPS) is 11.2. The summed E-state index contributed by atoms with van der Waals surface area (Å²) in [4.78, 5) is 31.6. The predicted octanol–water partition coefficient (Wildman–Crippen LogP) is 23.7. The molecule has 0 amide bonds. The maximum atomic E-state index is 10.5. The zero-order valence-electron chi connectivity index (χ0n) is 59.9. The molecule has 15 aromatic carbocycles. The van der Waals surface area contributed by atoms with Crippen LogP contribution in [-0.2, 0) is 0 Å². The van der Waals surface area contributed by atoms with Crippen LogP contribution in [-0.4, -0.2) is 39.0 Å². The molecule has 4 heterocycles. The fourth-order valence-electron chi connectivity index (χ4n) is 15.5. The molecule has 0 fully saturated rings. The van der Waals surface area contributed by atoms with Crippen molar-refractivity contribution < 1.29 is 0 Å². The molecule has 12 nitrogen and oxygen atoms in total. The highest BCUT2D eigenvalue weighted by molar-refractivity contribution is 6.14. The Kier molecular flexibility index (Phi) is 16.8. The molecule has 0 radical (unpaired) electrons. The zero-order valence-corrected chi connectivity index (χ0v) is 59.9. The van der Waals surface area contributed by atoms with Crippen LogP contribution in [0.1, 0.15) is 22.3 Å². The van der Waals surface area contributed by atoms with Gasteiger partial charge >= 0.3 is 0 Å². The lowest BCUT2D eigenvalue weighted by Crippen LogP contribution is -2.02. The van der Waals surface area contributed by atoms with Gasteiger partial charge in [-0.1, -0.05) is 237 Å². The fraction of sp³-hybridized carbons (Fsp3) is 0. The lowest BCUT2D eigenvalue weighted by atomic mass is 9.95. The fourth-order valence-corrected chi connectivity index (χ4v) is 15.5. The molecular weight excluding hydrogens is 1370 g/mol. The Labute approximate surface area is 644 Å². The van der Waals surface area contributed by atoms with Crippen molar-refractivity contribution in [3.63, 3.8) is 0 Å². The molecule has 19 aromatic rings. The molecule has 518 valence electrons. The first-order valence-electron chi connectivity index (χ1n) is 36.6. The van der Waals surface area contributed by atoms with Crippen LogP contribution in [0.3, 0.4) is 0 Å². The molecule has 0 saturated carbocycles. The molecule has 112 heavy (non-hydrogen) atoms. The van der Waals surface area contributed by atoms with Crippen LogP contribution in [0.5, 0.6) is 0 Å². The minimum atomic E-state index is 0.459. The Morgan fingerprint density at radius 1 is 0.188 bits per heavy atom. The van der Waals surface area contributed by atoms with Crippen LogP contribution in [0.2, 0.25) is 0 Å². The standard InChI is InChI=1S/C100H58N12/c101-59-74-30-13-17-36-81(74)69-40-45-91-86(54-69)87-55-70(82-37-18-14-31-75(82)60-102)41-46-92(87)111(91)80-52-78(51-79(53-80)100-109-97(65-26-9-3-10-27-65)106-98(110-100)66-28-11-4-12-29-66)67-34-21-35-68(50-67)85-58-73(99-107-95(63-22-5-1-6-23-63)105-96(108-99)64-24-7-2-8-25-64)44-49-90(85)112-93-47-42-71(83-38-19-15-32-76(83)61-103)56-88(93)89-57-72(43-48-94(89)112)84-39-20-16-33-77(84)62-104/h1-58H. The lowest BCUT2D eigenvalue weighted by molar-refractivity contribution is 1.07. The van der Waals surface area contributed by atoms with Gasteiger partial charge in [0.2, 0.25) is 0 Å².